The normalized spacial score (nSPS) is 21.3. The van der Waals surface area contributed by atoms with Crippen molar-refractivity contribution in [3.05, 3.63) is 15.7 Å². The van der Waals surface area contributed by atoms with Crippen molar-refractivity contribution in [3.63, 3.8) is 0 Å². The second kappa shape index (κ2) is 6.71. The van der Waals surface area contributed by atoms with E-state index < -0.39 is 6.10 Å². The van der Waals surface area contributed by atoms with Crippen LogP contribution in [0.25, 0.3) is 0 Å². The molecule has 2 rings (SSSR count). The van der Waals surface area contributed by atoms with Crippen LogP contribution in [0.1, 0.15) is 13.8 Å². The van der Waals surface area contributed by atoms with Crippen LogP contribution in [-0.2, 0) is 4.74 Å². The fraction of sp³-hybridized carbons (Fsp3) is 0.615. The predicted molar refractivity (Wildman–Crippen MR) is 81.8 cm³/mol. The van der Waals surface area contributed by atoms with Gasteiger partial charge in [-0.15, -0.1) is 0 Å². The van der Waals surface area contributed by atoms with Gasteiger partial charge in [-0.2, -0.15) is 4.98 Å². The number of hydrogen-bond acceptors (Lipinski definition) is 5. The van der Waals surface area contributed by atoms with E-state index in [1.54, 1.807) is 6.92 Å². The molecule has 1 aromatic rings. The van der Waals surface area contributed by atoms with Crippen LogP contribution in [0, 0.1) is 3.57 Å². The average molecular weight is 378 g/mol. The zero-order valence-corrected chi connectivity index (χ0v) is 13.3. The smallest absolute Gasteiger partial charge is 0.216 e. The van der Waals surface area contributed by atoms with Crippen molar-refractivity contribution in [2.24, 2.45) is 0 Å². The van der Waals surface area contributed by atoms with Crippen LogP contribution in [0.15, 0.2) is 12.1 Å². The number of aliphatic hydroxyl groups excluding tert-OH is 1. The summed E-state index contributed by atoms with van der Waals surface area (Å²) < 4.78 is 12.1. The summed E-state index contributed by atoms with van der Waals surface area (Å²) in [4.78, 5) is 6.70. The molecule has 0 aliphatic carbocycles. The van der Waals surface area contributed by atoms with Gasteiger partial charge >= 0.3 is 0 Å². The highest BCUT2D eigenvalue weighted by Crippen LogP contribution is 2.22. The zero-order chi connectivity index (χ0) is 13.8. The van der Waals surface area contributed by atoms with Crippen LogP contribution in [0.4, 0.5) is 5.82 Å². The van der Waals surface area contributed by atoms with Crippen LogP contribution in [0.2, 0.25) is 0 Å². The number of anilines is 1. The molecule has 6 heteroatoms. The topological polar surface area (TPSA) is 54.8 Å². The van der Waals surface area contributed by atoms with Crippen molar-refractivity contribution in [1.29, 1.82) is 0 Å². The van der Waals surface area contributed by atoms with Gasteiger partial charge in [-0.1, -0.05) is 0 Å². The van der Waals surface area contributed by atoms with E-state index >= 15 is 0 Å². The lowest BCUT2D eigenvalue weighted by molar-refractivity contribution is 0.0528. The summed E-state index contributed by atoms with van der Waals surface area (Å²) in [7, 11) is 0. The fourth-order valence-electron chi connectivity index (χ4n) is 1.93. The molecule has 1 saturated heterocycles. The Kier molecular flexibility index (Phi) is 5.23. The maximum absolute atomic E-state index is 9.25. The second-order valence-corrected chi connectivity index (χ2v) is 6.01. The molecule has 5 nitrogen and oxygen atoms in total. The van der Waals surface area contributed by atoms with Crippen LogP contribution >= 0.6 is 22.6 Å². The highest BCUT2D eigenvalue weighted by molar-refractivity contribution is 14.1. The van der Waals surface area contributed by atoms with Gasteiger partial charge in [-0.3, -0.25) is 0 Å². The Morgan fingerprint density at radius 2 is 2.42 bits per heavy atom. The Labute approximate surface area is 127 Å². The Hall–Kier alpha value is -0.600. The molecule has 0 amide bonds. The molecule has 0 radical (unpaired) electrons. The molecule has 0 saturated carbocycles. The molecule has 2 atom stereocenters. The largest absolute Gasteiger partial charge is 0.475 e. The van der Waals surface area contributed by atoms with Gasteiger partial charge in [0.1, 0.15) is 12.4 Å². The molecular formula is C13H19IN2O3. The second-order valence-electron chi connectivity index (χ2n) is 4.77. The van der Waals surface area contributed by atoms with Crippen molar-refractivity contribution in [2.75, 3.05) is 31.2 Å². The summed E-state index contributed by atoms with van der Waals surface area (Å²) >= 11 is 2.25. The Morgan fingerprint density at radius 3 is 3.11 bits per heavy atom. The van der Waals surface area contributed by atoms with Gasteiger partial charge < -0.3 is 19.5 Å². The van der Waals surface area contributed by atoms with E-state index in [2.05, 4.69) is 39.4 Å². The SMILES string of the molecule is C[C@@H]1CN(c2cc(I)cc(OC[C@@H](C)O)n2)CCO1. The standard InChI is InChI=1S/C13H19IN2O3/c1-9(17)8-19-13-6-11(14)5-12(15-13)16-3-4-18-10(2)7-16/h5-6,9-10,17H,3-4,7-8H2,1-2H3/t9-,10-/m1/s1. The third-order valence-corrected chi connectivity index (χ3v) is 3.41. The molecule has 1 aliphatic rings. The molecule has 1 aliphatic heterocycles. The van der Waals surface area contributed by atoms with E-state index in [4.69, 9.17) is 9.47 Å². The van der Waals surface area contributed by atoms with Crippen molar-refractivity contribution in [2.45, 2.75) is 26.1 Å². The van der Waals surface area contributed by atoms with Crippen molar-refractivity contribution >= 4 is 28.4 Å². The maximum atomic E-state index is 9.25. The van der Waals surface area contributed by atoms with E-state index in [1.807, 2.05) is 12.1 Å². The molecule has 19 heavy (non-hydrogen) atoms. The quantitative estimate of drug-likeness (QED) is 0.808. The average Bonchev–Trinajstić information content (AvgIpc) is 2.36. The molecule has 0 bridgehead atoms. The van der Waals surface area contributed by atoms with E-state index in [1.165, 1.54) is 0 Å². The molecule has 106 valence electrons. The first-order chi connectivity index (χ1) is 9.04. The van der Waals surface area contributed by atoms with Crippen molar-refractivity contribution in [3.8, 4) is 5.88 Å². The molecule has 1 aromatic heterocycles. The Balaban J connectivity index is 2.11. The number of hydrogen-bond donors (Lipinski definition) is 1. The number of aliphatic hydroxyl groups is 1. The highest BCUT2D eigenvalue weighted by atomic mass is 127. The number of aromatic nitrogens is 1. The molecule has 0 spiro atoms. The van der Waals surface area contributed by atoms with Gasteiger partial charge in [0.2, 0.25) is 5.88 Å². The van der Waals surface area contributed by atoms with Crippen molar-refractivity contribution < 1.29 is 14.6 Å². The molecule has 0 aromatic carbocycles. The van der Waals surface area contributed by atoms with Crippen LogP contribution in [0.5, 0.6) is 5.88 Å². The maximum Gasteiger partial charge on any atom is 0.216 e. The summed E-state index contributed by atoms with van der Waals surface area (Å²) in [5, 5.41) is 9.25. The molecule has 1 fully saturated rings. The minimum Gasteiger partial charge on any atom is -0.475 e. The molecule has 2 heterocycles. The highest BCUT2D eigenvalue weighted by Gasteiger charge is 2.19. The van der Waals surface area contributed by atoms with E-state index in [-0.39, 0.29) is 12.7 Å². The number of ether oxygens (including phenoxy) is 2. The number of nitrogens with zero attached hydrogens (tertiary/aromatic N) is 2. The zero-order valence-electron chi connectivity index (χ0n) is 11.2. The molecule has 0 unspecified atom stereocenters. The minimum absolute atomic E-state index is 0.218. The van der Waals surface area contributed by atoms with E-state index in [0.717, 1.165) is 29.1 Å². The first kappa shape index (κ1) is 14.8. The third-order valence-electron chi connectivity index (χ3n) is 2.79. The van der Waals surface area contributed by atoms with Crippen LogP contribution < -0.4 is 9.64 Å². The summed E-state index contributed by atoms with van der Waals surface area (Å²) in [5.74, 6) is 1.46. The van der Waals surface area contributed by atoms with Gasteiger partial charge in [-0.05, 0) is 42.5 Å². The lowest BCUT2D eigenvalue weighted by Crippen LogP contribution is -2.41. The summed E-state index contributed by atoms with van der Waals surface area (Å²) in [5.41, 5.74) is 0. The Bertz CT molecular complexity index is 428. The predicted octanol–water partition coefficient (Wildman–Crippen LogP) is 1.67. The Morgan fingerprint density at radius 1 is 1.63 bits per heavy atom. The van der Waals surface area contributed by atoms with E-state index in [9.17, 15) is 5.11 Å². The molecule has 1 N–H and O–H groups in total. The third kappa shape index (κ3) is 4.47. The summed E-state index contributed by atoms with van der Waals surface area (Å²) in [6, 6.07) is 3.91. The van der Waals surface area contributed by atoms with Gasteiger partial charge in [0.25, 0.3) is 0 Å². The van der Waals surface area contributed by atoms with Crippen molar-refractivity contribution in [1.82, 2.24) is 4.98 Å². The van der Waals surface area contributed by atoms with Crippen LogP contribution in [0.3, 0.4) is 0 Å². The summed E-state index contributed by atoms with van der Waals surface area (Å²) in [6.07, 6.45) is -0.276. The molecular weight excluding hydrogens is 359 g/mol. The fourth-order valence-corrected chi connectivity index (χ4v) is 2.47. The van der Waals surface area contributed by atoms with Gasteiger partial charge in [0.15, 0.2) is 0 Å². The van der Waals surface area contributed by atoms with Gasteiger partial charge in [0, 0.05) is 22.7 Å². The lowest BCUT2D eigenvalue weighted by atomic mass is 10.3. The first-order valence-electron chi connectivity index (χ1n) is 6.39. The number of halogens is 1. The minimum atomic E-state index is -0.494. The van der Waals surface area contributed by atoms with E-state index in [0.29, 0.717) is 5.88 Å². The number of morpholine rings is 1. The summed E-state index contributed by atoms with van der Waals surface area (Å²) in [6.45, 7) is 6.41. The first-order valence-corrected chi connectivity index (χ1v) is 7.47. The lowest BCUT2D eigenvalue weighted by Gasteiger charge is -2.32. The number of pyridine rings is 1. The van der Waals surface area contributed by atoms with Gasteiger partial charge in [-0.25, -0.2) is 0 Å². The van der Waals surface area contributed by atoms with Gasteiger partial charge in [0.05, 0.1) is 18.8 Å². The monoisotopic (exact) mass is 378 g/mol. The number of rotatable bonds is 4. The van der Waals surface area contributed by atoms with Crippen LogP contribution in [-0.4, -0.2) is 48.6 Å².